The summed E-state index contributed by atoms with van der Waals surface area (Å²) in [5.41, 5.74) is 2.17. The predicted octanol–water partition coefficient (Wildman–Crippen LogP) is 2.14. The van der Waals surface area contributed by atoms with Crippen LogP contribution in [0.3, 0.4) is 0 Å². The Morgan fingerprint density at radius 1 is 1.43 bits per heavy atom. The van der Waals surface area contributed by atoms with Gasteiger partial charge in [-0.1, -0.05) is 0 Å². The van der Waals surface area contributed by atoms with Crippen LogP contribution in [0.4, 0.5) is 0 Å². The fourth-order valence-electron chi connectivity index (χ4n) is 3.07. The molecule has 6 nitrogen and oxygen atoms in total. The Kier molecular flexibility index (Phi) is 4.60. The number of nitrogens with zero attached hydrogens (tertiary/aromatic N) is 4. The van der Waals surface area contributed by atoms with Crippen LogP contribution in [0, 0.1) is 13.8 Å². The highest BCUT2D eigenvalue weighted by atomic mass is 16.5. The normalized spacial score (nSPS) is 18.0. The summed E-state index contributed by atoms with van der Waals surface area (Å²) in [7, 11) is 0. The number of carbonyl (C=O) groups excluding carboxylic acids is 1. The number of aromatic nitrogens is 3. The summed E-state index contributed by atoms with van der Waals surface area (Å²) in [4.78, 5) is 18.2. The van der Waals surface area contributed by atoms with Gasteiger partial charge in [-0.2, -0.15) is 5.10 Å². The first-order valence-corrected chi connectivity index (χ1v) is 7.97. The van der Waals surface area contributed by atoms with Gasteiger partial charge in [0, 0.05) is 25.0 Å². The number of likely N-dealkylation sites (tertiary alicyclic amines) is 1. The highest BCUT2D eigenvalue weighted by Crippen LogP contribution is 2.23. The van der Waals surface area contributed by atoms with Crippen LogP contribution < -0.4 is 4.74 Å². The number of piperidine rings is 1. The van der Waals surface area contributed by atoms with Crippen LogP contribution in [0.5, 0.6) is 5.75 Å². The summed E-state index contributed by atoms with van der Waals surface area (Å²) < 4.78 is 7.57. The van der Waals surface area contributed by atoms with Crippen molar-refractivity contribution in [3.8, 4) is 5.75 Å². The molecule has 0 aromatic carbocycles. The smallest absolute Gasteiger partial charge is 0.260 e. The summed E-state index contributed by atoms with van der Waals surface area (Å²) in [5, 5.41) is 4.56. The van der Waals surface area contributed by atoms with Crippen molar-refractivity contribution >= 4 is 5.91 Å². The lowest BCUT2D eigenvalue weighted by molar-refractivity contribution is -0.135. The number of pyridine rings is 1. The predicted molar refractivity (Wildman–Crippen MR) is 86.3 cm³/mol. The molecule has 6 heteroatoms. The molecule has 0 bridgehead atoms. The molecule has 0 spiro atoms. The zero-order valence-electron chi connectivity index (χ0n) is 13.6. The number of hydrogen-bond donors (Lipinski definition) is 0. The fourth-order valence-corrected chi connectivity index (χ4v) is 3.07. The summed E-state index contributed by atoms with van der Waals surface area (Å²) in [6, 6.07) is 5.92. The molecule has 1 aliphatic rings. The van der Waals surface area contributed by atoms with E-state index in [-0.39, 0.29) is 18.6 Å². The first kappa shape index (κ1) is 15.5. The van der Waals surface area contributed by atoms with E-state index >= 15 is 0 Å². The number of aryl methyl sites for hydroxylation is 2. The second kappa shape index (κ2) is 6.81. The third-order valence-electron chi connectivity index (χ3n) is 4.14. The van der Waals surface area contributed by atoms with Crippen molar-refractivity contribution < 1.29 is 9.53 Å². The van der Waals surface area contributed by atoms with Gasteiger partial charge in [-0.15, -0.1) is 0 Å². The van der Waals surface area contributed by atoms with Crippen LogP contribution in [0.25, 0.3) is 0 Å². The molecule has 2 aromatic heterocycles. The maximum atomic E-state index is 12.4. The molecule has 1 atom stereocenters. The van der Waals surface area contributed by atoms with E-state index < -0.39 is 0 Å². The van der Waals surface area contributed by atoms with Gasteiger partial charge in [0.25, 0.3) is 5.91 Å². The van der Waals surface area contributed by atoms with E-state index in [2.05, 4.69) is 27.8 Å². The summed E-state index contributed by atoms with van der Waals surface area (Å²) >= 11 is 0. The van der Waals surface area contributed by atoms with Gasteiger partial charge in [0.05, 0.1) is 17.9 Å². The average molecular weight is 314 g/mol. The lowest BCUT2D eigenvalue weighted by Gasteiger charge is -2.33. The number of carbonyl (C=O) groups is 1. The van der Waals surface area contributed by atoms with Crippen molar-refractivity contribution in [3.05, 3.63) is 42.0 Å². The molecule has 0 radical (unpaired) electrons. The van der Waals surface area contributed by atoms with E-state index in [4.69, 9.17) is 4.74 Å². The molecule has 1 saturated heterocycles. The number of ether oxygens (including phenoxy) is 1. The van der Waals surface area contributed by atoms with Gasteiger partial charge in [0.1, 0.15) is 5.75 Å². The largest absolute Gasteiger partial charge is 0.482 e. The molecule has 1 fully saturated rings. The Hall–Kier alpha value is -2.37. The van der Waals surface area contributed by atoms with E-state index in [1.807, 2.05) is 11.8 Å². The molecule has 3 rings (SSSR count). The van der Waals surface area contributed by atoms with Crippen LogP contribution in [-0.2, 0) is 4.79 Å². The molecular weight excluding hydrogens is 292 g/mol. The minimum Gasteiger partial charge on any atom is -0.482 e. The minimum absolute atomic E-state index is 0.0140. The van der Waals surface area contributed by atoms with Gasteiger partial charge in [0.15, 0.2) is 6.61 Å². The van der Waals surface area contributed by atoms with Gasteiger partial charge in [-0.05, 0) is 44.9 Å². The minimum atomic E-state index is 0.0140. The van der Waals surface area contributed by atoms with E-state index in [0.29, 0.717) is 12.3 Å². The van der Waals surface area contributed by atoms with E-state index in [1.54, 1.807) is 24.5 Å². The van der Waals surface area contributed by atoms with Crippen molar-refractivity contribution in [2.45, 2.75) is 32.7 Å². The van der Waals surface area contributed by atoms with Crippen LogP contribution in [-0.4, -0.2) is 45.3 Å². The Morgan fingerprint density at radius 2 is 2.30 bits per heavy atom. The maximum absolute atomic E-state index is 12.4. The summed E-state index contributed by atoms with van der Waals surface area (Å²) in [6.07, 6.45) is 5.33. The van der Waals surface area contributed by atoms with Crippen molar-refractivity contribution in [1.82, 2.24) is 19.7 Å². The molecule has 1 aliphatic heterocycles. The van der Waals surface area contributed by atoms with Crippen molar-refractivity contribution in [2.24, 2.45) is 0 Å². The highest BCUT2D eigenvalue weighted by molar-refractivity contribution is 5.77. The van der Waals surface area contributed by atoms with E-state index in [1.165, 1.54) is 0 Å². The van der Waals surface area contributed by atoms with Gasteiger partial charge in [-0.25, -0.2) is 0 Å². The molecular formula is C17H22N4O2. The maximum Gasteiger partial charge on any atom is 0.260 e. The lowest BCUT2D eigenvalue weighted by Crippen LogP contribution is -2.43. The van der Waals surface area contributed by atoms with E-state index in [9.17, 15) is 4.79 Å². The van der Waals surface area contributed by atoms with Crippen LogP contribution in [0.15, 0.2) is 30.6 Å². The quantitative estimate of drug-likeness (QED) is 0.867. The zero-order chi connectivity index (χ0) is 16.2. The van der Waals surface area contributed by atoms with Gasteiger partial charge < -0.3 is 9.64 Å². The molecule has 0 saturated carbocycles. The lowest BCUT2D eigenvalue weighted by atomic mass is 10.1. The molecule has 1 unspecified atom stereocenters. The molecule has 0 N–H and O–H groups in total. The molecule has 3 heterocycles. The molecule has 1 amide bonds. The third-order valence-corrected chi connectivity index (χ3v) is 4.14. The second-order valence-electron chi connectivity index (χ2n) is 5.98. The second-order valence-corrected chi connectivity index (χ2v) is 5.98. The molecule has 2 aromatic rings. The van der Waals surface area contributed by atoms with Crippen LogP contribution in [0.1, 0.15) is 30.3 Å². The first-order chi connectivity index (χ1) is 11.1. The third kappa shape index (κ3) is 3.70. The van der Waals surface area contributed by atoms with Gasteiger partial charge in [-0.3, -0.25) is 14.5 Å². The number of hydrogen-bond acceptors (Lipinski definition) is 4. The van der Waals surface area contributed by atoms with E-state index in [0.717, 1.165) is 30.8 Å². The number of amides is 1. The summed E-state index contributed by atoms with van der Waals surface area (Å²) in [6.45, 7) is 5.58. The zero-order valence-corrected chi connectivity index (χ0v) is 13.6. The van der Waals surface area contributed by atoms with Crippen molar-refractivity contribution in [2.75, 3.05) is 19.7 Å². The van der Waals surface area contributed by atoms with Gasteiger partial charge >= 0.3 is 0 Å². The SMILES string of the molecule is Cc1cc(C)n(C2CCCN(C(=O)COc3cccnc3)C2)n1. The molecule has 0 aliphatic carbocycles. The monoisotopic (exact) mass is 314 g/mol. The van der Waals surface area contributed by atoms with Crippen LogP contribution >= 0.6 is 0 Å². The number of rotatable bonds is 4. The van der Waals surface area contributed by atoms with Crippen LogP contribution in [0.2, 0.25) is 0 Å². The molecule has 23 heavy (non-hydrogen) atoms. The highest BCUT2D eigenvalue weighted by Gasteiger charge is 2.26. The standard InChI is InChI=1S/C17H22N4O2/c1-13-9-14(2)21(19-13)15-5-4-8-20(11-15)17(22)12-23-16-6-3-7-18-10-16/h3,6-7,9-10,15H,4-5,8,11-12H2,1-2H3. The van der Waals surface area contributed by atoms with Crippen molar-refractivity contribution in [3.63, 3.8) is 0 Å². The van der Waals surface area contributed by atoms with Crippen molar-refractivity contribution in [1.29, 1.82) is 0 Å². The Balaban J connectivity index is 1.59. The topological polar surface area (TPSA) is 60.2 Å². The Morgan fingerprint density at radius 3 is 3.00 bits per heavy atom. The Bertz CT molecular complexity index is 668. The first-order valence-electron chi connectivity index (χ1n) is 7.97. The average Bonchev–Trinajstić information content (AvgIpc) is 2.92. The molecule has 122 valence electrons. The van der Waals surface area contributed by atoms with Gasteiger partial charge in [0.2, 0.25) is 0 Å². The Labute approximate surface area is 136 Å². The fraction of sp³-hybridized carbons (Fsp3) is 0.471. The summed E-state index contributed by atoms with van der Waals surface area (Å²) in [5.74, 6) is 0.632.